The third kappa shape index (κ3) is 2.15. The quantitative estimate of drug-likeness (QED) is 0.874. The molecule has 1 atom stereocenters. The lowest BCUT2D eigenvalue weighted by Crippen LogP contribution is -2.20. The van der Waals surface area contributed by atoms with Gasteiger partial charge in [-0.25, -0.2) is 4.98 Å². The van der Waals surface area contributed by atoms with Gasteiger partial charge in [0.15, 0.2) is 5.82 Å². The van der Waals surface area contributed by atoms with E-state index in [2.05, 4.69) is 20.4 Å². The summed E-state index contributed by atoms with van der Waals surface area (Å²) < 4.78 is 7.25. The highest BCUT2D eigenvalue weighted by molar-refractivity contribution is 5.42. The molecule has 0 saturated carbocycles. The largest absolute Gasteiger partial charge is 0.337 e. The molecule has 1 saturated heterocycles. The van der Waals surface area contributed by atoms with Gasteiger partial charge < -0.3 is 14.4 Å². The standard InChI is InChI=1S/C12H17N5O/c1-17-8-7-14-11(17)10-15-12(18-16-10)9-5-3-2-4-6-13-9/h7-9,13H,2-6H2,1H3. The van der Waals surface area contributed by atoms with E-state index in [1.54, 1.807) is 6.20 Å². The van der Waals surface area contributed by atoms with E-state index in [0.717, 1.165) is 18.8 Å². The number of hydrogen-bond acceptors (Lipinski definition) is 5. The van der Waals surface area contributed by atoms with Crippen molar-refractivity contribution in [1.29, 1.82) is 0 Å². The van der Waals surface area contributed by atoms with Gasteiger partial charge in [0.2, 0.25) is 11.7 Å². The fourth-order valence-corrected chi connectivity index (χ4v) is 2.29. The van der Waals surface area contributed by atoms with Crippen LogP contribution in [0.4, 0.5) is 0 Å². The summed E-state index contributed by atoms with van der Waals surface area (Å²) in [5, 5.41) is 7.46. The summed E-state index contributed by atoms with van der Waals surface area (Å²) in [6.45, 7) is 1.02. The summed E-state index contributed by atoms with van der Waals surface area (Å²) in [7, 11) is 1.92. The van der Waals surface area contributed by atoms with Crippen LogP contribution in [0.3, 0.4) is 0 Å². The second kappa shape index (κ2) is 4.89. The molecule has 3 rings (SSSR count). The van der Waals surface area contributed by atoms with Crippen LogP contribution in [0.15, 0.2) is 16.9 Å². The Hall–Kier alpha value is -1.69. The molecular formula is C12H17N5O. The van der Waals surface area contributed by atoms with Gasteiger partial charge in [0, 0.05) is 19.4 Å². The van der Waals surface area contributed by atoms with Gasteiger partial charge in [0.25, 0.3) is 0 Å². The van der Waals surface area contributed by atoms with Crippen molar-refractivity contribution in [2.24, 2.45) is 7.05 Å². The molecule has 1 unspecified atom stereocenters. The highest BCUT2D eigenvalue weighted by atomic mass is 16.5. The van der Waals surface area contributed by atoms with Crippen LogP contribution < -0.4 is 5.32 Å². The molecular weight excluding hydrogens is 230 g/mol. The first-order valence-corrected chi connectivity index (χ1v) is 6.39. The number of rotatable bonds is 2. The van der Waals surface area contributed by atoms with Gasteiger partial charge >= 0.3 is 0 Å². The molecule has 2 aromatic rings. The van der Waals surface area contributed by atoms with Gasteiger partial charge in [-0.1, -0.05) is 18.0 Å². The molecule has 0 amide bonds. The minimum absolute atomic E-state index is 0.189. The van der Waals surface area contributed by atoms with Crippen molar-refractivity contribution in [1.82, 2.24) is 25.0 Å². The van der Waals surface area contributed by atoms with Crippen LogP contribution in [-0.4, -0.2) is 26.2 Å². The lowest BCUT2D eigenvalue weighted by molar-refractivity contribution is 0.327. The number of aryl methyl sites for hydroxylation is 1. The second-order valence-corrected chi connectivity index (χ2v) is 4.67. The number of imidazole rings is 1. The monoisotopic (exact) mass is 247 g/mol. The van der Waals surface area contributed by atoms with Gasteiger partial charge in [-0.05, 0) is 19.4 Å². The average molecular weight is 247 g/mol. The van der Waals surface area contributed by atoms with Gasteiger partial charge in [0.1, 0.15) is 0 Å². The molecule has 1 aliphatic heterocycles. The third-order valence-corrected chi connectivity index (χ3v) is 3.32. The van der Waals surface area contributed by atoms with Crippen molar-refractivity contribution < 1.29 is 4.52 Å². The van der Waals surface area contributed by atoms with Gasteiger partial charge in [-0.2, -0.15) is 4.98 Å². The van der Waals surface area contributed by atoms with Crippen LogP contribution in [0.2, 0.25) is 0 Å². The Balaban J connectivity index is 1.82. The molecule has 0 radical (unpaired) electrons. The summed E-state index contributed by atoms with van der Waals surface area (Å²) in [6, 6.07) is 0.189. The van der Waals surface area contributed by atoms with Gasteiger partial charge in [-0.3, -0.25) is 0 Å². The molecule has 0 aliphatic carbocycles. The first-order valence-electron chi connectivity index (χ1n) is 6.39. The van der Waals surface area contributed by atoms with Crippen LogP contribution in [0.5, 0.6) is 0 Å². The molecule has 1 aliphatic rings. The summed E-state index contributed by atoms with van der Waals surface area (Å²) in [5.74, 6) is 1.97. The van der Waals surface area contributed by atoms with Crippen molar-refractivity contribution >= 4 is 0 Å². The van der Waals surface area contributed by atoms with E-state index in [9.17, 15) is 0 Å². The van der Waals surface area contributed by atoms with Crippen molar-refractivity contribution in [2.45, 2.75) is 31.7 Å². The van der Waals surface area contributed by atoms with Crippen LogP contribution in [0.25, 0.3) is 11.6 Å². The zero-order valence-corrected chi connectivity index (χ0v) is 10.5. The van der Waals surface area contributed by atoms with E-state index in [0.29, 0.717) is 11.7 Å². The van der Waals surface area contributed by atoms with Crippen LogP contribution >= 0.6 is 0 Å². The summed E-state index contributed by atoms with van der Waals surface area (Å²) in [5.41, 5.74) is 0. The Morgan fingerprint density at radius 3 is 3.17 bits per heavy atom. The Kier molecular flexibility index (Phi) is 3.10. The molecule has 0 spiro atoms. The lowest BCUT2D eigenvalue weighted by atomic mass is 10.1. The normalized spacial score (nSPS) is 20.8. The average Bonchev–Trinajstić information content (AvgIpc) is 2.91. The highest BCUT2D eigenvalue weighted by Gasteiger charge is 2.21. The maximum atomic E-state index is 5.36. The SMILES string of the molecule is Cn1ccnc1-c1noc(C2CCCCCN2)n1. The minimum atomic E-state index is 0.189. The topological polar surface area (TPSA) is 68.8 Å². The van der Waals surface area contributed by atoms with E-state index < -0.39 is 0 Å². The highest BCUT2D eigenvalue weighted by Crippen LogP contribution is 2.23. The maximum Gasteiger partial charge on any atom is 0.244 e. The van der Waals surface area contributed by atoms with E-state index in [-0.39, 0.29) is 6.04 Å². The smallest absolute Gasteiger partial charge is 0.244 e. The van der Waals surface area contributed by atoms with E-state index in [1.807, 2.05) is 17.8 Å². The fourth-order valence-electron chi connectivity index (χ4n) is 2.29. The number of nitrogens with one attached hydrogen (secondary N) is 1. The lowest BCUT2D eigenvalue weighted by Gasteiger charge is -2.09. The number of nitrogens with zero attached hydrogens (tertiary/aromatic N) is 4. The first-order chi connectivity index (χ1) is 8.84. The molecule has 2 aromatic heterocycles. The zero-order valence-electron chi connectivity index (χ0n) is 10.5. The van der Waals surface area contributed by atoms with Crippen LogP contribution in [-0.2, 0) is 7.05 Å². The van der Waals surface area contributed by atoms with Crippen molar-refractivity contribution in [3.05, 3.63) is 18.3 Å². The van der Waals surface area contributed by atoms with Crippen molar-refractivity contribution in [2.75, 3.05) is 6.54 Å². The van der Waals surface area contributed by atoms with E-state index in [1.165, 1.54) is 19.3 Å². The Morgan fingerprint density at radius 2 is 2.33 bits per heavy atom. The van der Waals surface area contributed by atoms with Crippen LogP contribution in [0, 0.1) is 0 Å². The van der Waals surface area contributed by atoms with Gasteiger partial charge in [-0.15, -0.1) is 0 Å². The van der Waals surface area contributed by atoms with Crippen molar-refractivity contribution in [3.63, 3.8) is 0 Å². The Bertz CT molecular complexity index is 510. The summed E-state index contributed by atoms with van der Waals surface area (Å²) in [4.78, 5) is 8.68. The predicted molar refractivity (Wildman–Crippen MR) is 65.7 cm³/mol. The zero-order chi connectivity index (χ0) is 12.4. The maximum absolute atomic E-state index is 5.36. The molecule has 0 aromatic carbocycles. The van der Waals surface area contributed by atoms with E-state index >= 15 is 0 Å². The second-order valence-electron chi connectivity index (χ2n) is 4.67. The van der Waals surface area contributed by atoms with Crippen molar-refractivity contribution in [3.8, 4) is 11.6 Å². The van der Waals surface area contributed by atoms with E-state index in [4.69, 9.17) is 4.52 Å². The first kappa shape index (κ1) is 11.4. The molecule has 0 bridgehead atoms. The molecule has 6 heteroatoms. The summed E-state index contributed by atoms with van der Waals surface area (Å²) >= 11 is 0. The number of hydrogen-bond donors (Lipinski definition) is 1. The summed E-state index contributed by atoms with van der Waals surface area (Å²) in [6.07, 6.45) is 8.35. The molecule has 1 N–H and O–H groups in total. The Morgan fingerprint density at radius 1 is 1.39 bits per heavy atom. The molecule has 18 heavy (non-hydrogen) atoms. The third-order valence-electron chi connectivity index (χ3n) is 3.32. The fraction of sp³-hybridized carbons (Fsp3) is 0.583. The minimum Gasteiger partial charge on any atom is -0.337 e. The molecule has 6 nitrogen and oxygen atoms in total. The van der Waals surface area contributed by atoms with Crippen LogP contribution in [0.1, 0.15) is 37.6 Å². The predicted octanol–water partition coefficient (Wildman–Crippen LogP) is 1.67. The number of aromatic nitrogens is 4. The Labute approximate surface area is 105 Å². The molecule has 3 heterocycles. The molecule has 1 fully saturated rings. The molecule has 96 valence electrons. The van der Waals surface area contributed by atoms with Gasteiger partial charge in [0.05, 0.1) is 6.04 Å².